The van der Waals surface area contributed by atoms with Gasteiger partial charge in [-0.3, -0.25) is 30.0 Å². The number of allylic oxidation sites excluding steroid dienone is 1. The zero-order valence-electron chi connectivity index (χ0n) is 21.7. The standard InChI is InChI=1S/C28H43N3O4/c1-20(2)18-25(24(27(33)30-35)17-11-14-22-12-7-5-8-13-22)26(32)29-31(19-21(3)4)28(34)23-15-9-6-10-16-23/h5,7-8,11-14,20-21,23-25,35H,6,9-10,15-19H2,1-4H3,(H,29,32)(H,30,33)/b14-11+/t24-,25+/m0/s1. The number of carbonyl (C=O) groups is 3. The van der Waals surface area contributed by atoms with Gasteiger partial charge in [-0.1, -0.05) is 89.4 Å². The lowest BCUT2D eigenvalue weighted by molar-refractivity contribution is -0.150. The van der Waals surface area contributed by atoms with Crippen molar-refractivity contribution in [1.29, 1.82) is 0 Å². The highest BCUT2D eigenvalue weighted by atomic mass is 16.5. The first kappa shape index (κ1) is 28.6. The smallest absolute Gasteiger partial charge is 0.247 e. The molecule has 7 heteroatoms. The fraction of sp³-hybridized carbons (Fsp3) is 0.607. The van der Waals surface area contributed by atoms with Crippen LogP contribution in [-0.2, 0) is 14.4 Å². The van der Waals surface area contributed by atoms with E-state index in [-0.39, 0.29) is 36.0 Å². The van der Waals surface area contributed by atoms with E-state index in [1.165, 1.54) is 5.01 Å². The second kappa shape index (κ2) is 14.7. The van der Waals surface area contributed by atoms with E-state index in [0.717, 1.165) is 37.7 Å². The molecule has 0 aliphatic heterocycles. The fourth-order valence-electron chi connectivity index (χ4n) is 4.76. The number of hydroxylamine groups is 1. The summed E-state index contributed by atoms with van der Waals surface area (Å²) in [6.45, 7) is 8.42. The van der Waals surface area contributed by atoms with Crippen LogP contribution in [0.2, 0.25) is 0 Å². The Kier molecular flexibility index (Phi) is 12.0. The van der Waals surface area contributed by atoms with Gasteiger partial charge in [0.25, 0.3) is 0 Å². The summed E-state index contributed by atoms with van der Waals surface area (Å²) in [5.74, 6) is -2.21. The number of nitrogens with zero attached hydrogens (tertiary/aromatic N) is 1. The molecule has 1 aromatic carbocycles. The van der Waals surface area contributed by atoms with Crippen LogP contribution in [0.5, 0.6) is 0 Å². The van der Waals surface area contributed by atoms with E-state index in [4.69, 9.17) is 0 Å². The van der Waals surface area contributed by atoms with Crippen molar-refractivity contribution in [3.05, 3.63) is 42.0 Å². The molecule has 0 bridgehead atoms. The topological polar surface area (TPSA) is 98.7 Å². The third kappa shape index (κ3) is 9.48. The first-order chi connectivity index (χ1) is 16.7. The highest BCUT2D eigenvalue weighted by Gasteiger charge is 2.36. The normalized spacial score (nSPS) is 16.3. The van der Waals surface area contributed by atoms with Crippen LogP contribution in [0.1, 0.15) is 78.2 Å². The Morgan fingerprint density at radius 3 is 2.20 bits per heavy atom. The Balaban J connectivity index is 2.23. The monoisotopic (exact) mass is 485 g/mol. The van der Waals surface area contributed by atoms with Gasteiger partial charge < -0.3 is 0 Å². The molecular weight excluding hydrogens is 442 g/mol. The number of hydrogen-bond donors (Lipinski definition) is 3. The van der Waals surface area contributed by atoms with Crippen LogP contribution in [0.25, 0.3) is 6.08 Å². The van der Waals surface area contributed by atoms with Crippen LogP contribution in [-0.4, -0.2) is 34.5 Å². The minimum atomic E-state index is -0.770. The van der Waals surface area contributed by atoms with Gasteiger partial charge in [0.15, 0.2) is 0 Å². The van der Waals surface area contributed by atoms with Crippen LogP contribution >= 0.6 is 0 Å². The van der Waals surface area contributed by atoms with Crippen molar-refractivity contribution in [2.24, 2.45) is 29.6 Å². The molecule has 35 heavy (non-hydrogen) atoms. The maximum absolute atomic E-state index is 13.6. The number of hydrazine groups is 1. The van der Waals surface area contributed by atoms with Gasteiger partial charge in [-0.2, -0.15) is 0 Å². The van der Waals surface area contributed by atoms with Crippen molar-refractivity contribution in [2.45, 2.75) is 72.6 Å². The molecule has 7 nitrogen and oxygen atoms in total. The second-order valence-corrected chi connectivity index (χ2v) is 10.5. The summed E-state index contributed by atoms with van der Waals surface area (Å²) in [6.07, 6.45) is 9.39. The summed E-state index contributed by atoms with van der Waals surface area (Å²) in [5.41, 5.74) is 5.61. The first-order valence-electron chi connectivity index (χ1n) is 13.0. The summed E-state index contributed by atoms with van der Waals surface area (Å²) in [4.78, 5) is 39.5. The number of hydrogen-bond acceptors (Lipinski definition) is 4. The lowest BCUT2D eigenvalue weighted by atomic mass is 9.82. The number of carbonyl (C=O) groups excluding carboxylic acids is 3. The van der Waals surface area contributed by atoms with Gasteiger partial charge in [-0.15, -0.1) is 0 Å². The van der Waals surface area contributed by atoms with Crippen molar-refractivity contribution in [3.8, 4) is 0 Å². The number of rotatable bonds is 11. The average Bonchev–Trinajstić information content (AvgIpc) is 2.85. The van der Waals surface area contributed by atoms with E-state index in [2.05, 4.69) is 5.43 Å². The van der Waals surface area contributed by atoms with Crippen LogP contribution in [0.3, 0.4) is 0 Å². The van der Waals surface area contributed by atoms with Gasteiger partial charge in [0.1, 0.15) is 0 Å². The Hall–Kier alpha value is -2.67. The molecule has 0 radical (unpaired) electrons. The van der Waals surface area contributed by atoms with Gasteiger partial charge in [-0.25, -0.2) is 5.48 Å². The molecule has 1 aliphatic carbocycles. The Bertz CT molecular complexity index is 832. The summed E-state index contributed by atoms with van der Waals surface area (Å²) in [7, 11) is 0. The molecule has 1 saturated carbocycles. The minimum absolute atomic E-state index is 0.0396. The summed E-state index contributed by atoms with van der Waals surface area (Å²) >= 11 is 0. The summed E-state index contributed by atoms with van der Waals surface area (Å²) < 4.78 is 0. The van der Waals surface area contributed by atoms with Crippen molar-refractivity contribution in [2.75, 3.05) is 6.54 Å². The molecule has 0 aromatic heterocycles. The highest BCUT2D eigenvalue weighted by molar-refractivity contribution is 5.89. The lowest BCUT2D eigenvalue weighted by Crippen LogP contribution is -2.53. The van der Waals surface area contributed by atoms with Gasteiger partial charge in [0.05, 0.1) is 11.8 Å². The second-order valence-electron chi connectivity index (χ2n) is 10.5. The molecule has 2 rings (SSSR count). The fourth-order valence-corrected chi connectivity index (χ4v) is 4.76. The predicted molar refractivity (Wildman–Crippen MR) is 138 cm³/mol. The first-order valence-corrected chi connectivity index (χ1v) is 13.0. The molecule has 1 fully saturated rings. The third-order valence-electron chi connectivity index (χ3n) is 6.51. The van der Waals surface area contributed by atoms with Gasteiger partial charge in [0.2, 0.25) is 17.7 Å². The molecule has 0 spiro atoms. The van der Waals surface area contributed by atoms with E-state index >= 15 is 0 Å². The highest BCUT2D eigenvalue weighted by Crippen LogP contribution is 2.28. The van der Waals surface area contributed by atoms with E-state index < -0.39 is 17.7 Å². The van der Waals surface area contributed by atoms with E-state index in [0.29, 0.717) is 13.0 Å². The summed E-state index contributed by atoms with van der Waals surface area (Å²) in [6, 6.07) is 9.70. The average molecular weight is 486 g/mol. The number of nitrogens with one attached hydrogen (secondary N) is 2. The van der Waals surface area contributed by atoms with Crippen molar-refractivity contribution < 1.29 is 19.6 Å². The molecule has 194 valence electrons. The van der Waals surface area contributed by atoms with Crippen LogP contribution in [0.4, 0.5) is 0 Å². The Morgan fingerprint density at radius 1 is 0.971 bits per heavy atom. The molecule has 0 saturated heterocycles. The molecule has 3 amide bonds. The van der Waals surface area contributed by atoms with Gasteiger partial charge in [0, 0.05) is 12.5 Å². The zero-order valence-corrected chi connectivity index (χ0v) is 21.7. The number of amides is 3. The van der Waals surface area contributed by atoms with E-state index in [1.807, 2.05) is 70.2 Å². The van der Waals surface area contributed by atoms with Crippen molar-refractivity contribution >= 4 is 23.8 Å². The van der Waals surface area contributed by atoms with E-state index in [9.17, 15) is 19.6 Å². The maximum atomic E-state index is 13.6. The molecular formula is C28H43N3O4. The minimum Gasteiger partial charge on any atom is -0.289 e. The molecule has 0 heterocycles. The van der Waals surface area contributed by atoms with Crippen LogP contribution < -0.4 is 10.9 Å². The predicted octanol–water partition coefficient (Wildman–Crippen LogP) is 4.97. The molecule has 3 N–H and O–H groups in total. The zero-order chi connectivity index (χ0) is 25.8. The van der Waals surface area contributed by atoms with E-state index in [1.54, 1.807) is 5.48 Å². The Labute approximate surface area is 210 Å². The third-order valence-corrected chi connectivity index (χ3v) is 6.51. The van der Waals surface area contributed by atoms with Crippen LogP contribution in [0, 0.1) is 29.6 Å². The Morgan fingerprint density at radius 2 is 1.63 bits per heavy atom. The number of benzene rings is 1. The van der Waals surface area contributed by atoms with Crippen LogP contribution in [0.15, 0.2) is 36.4 Å². The molecule has 1 aromatic rings. The largest absolute Gasteiger partial charge is 0.289 e. The van der Waals surface area contributed by atoms with Crippen molar-refractivity contribution in [3.63, 3.8) is 0 Å². The summed E-state index contributed by atoms with van der Waals surface area (Å²) in [5, 5.41) is 10.9. The SMILES string of the molecule is CC(C)C[C@@H](C(=O)NN(CC(C)C)C(=O)C1CCCCC1)[C@H](C/C=C/c1ccccc1)C(=O)NO. The quantitative estimate of drug-likeness (QED) is 0.304. The van der Waals surface area contributed by atoms with Gasteiger partial charge >= 0.3 is 0 Å². The molecule has 0 unspecified atom stereocenters. The maximum Gasteiger partial charge on any atom is 0.247 e. The van der Waals surface area contributed by atoms with Crippen molar-refractivity contribution in [1.82, 2.24) is 15.9 Å². The lowest BCUT2D eigenvalue weighted by Gasteiger charge is -2.33. The van der Waals surface area contributed by atoms with Gasteiger partial charge in [-0.05, 0) is 43.1 Å². The molecule has 1 aliphatic rings. The molecule has 2 atom stereocenters.